The molecule has 4 rings (SSSR count). The van der Waals surface area contributed by atoms with Crippen LogP contribution in [0.4, 0.5) is 0 Å². The Hall–Kier alpha value is -3.21. The van der Waals surface area contributed by atoms with E-state index in [1.54, 1.807) is 19.5 Å². The van der Waals surface area contributed by atoms with Crippen LogP contribution < -0.4 is 4.74 Å². The first-order valence-electron chi connectivity index (χ1n) is 10.0. The lowest BCUT2D eigenvalue weighted by molar-refractivity contribution is -0.131. The van der Waals surface area contributed by atoms with Crippen LogP contribution in [0.1, 0.15) is 41.4 Å². The van der Waals surface area contributed by atoms with Crippen molar-refractivity contribution in [2.75, 3.05) is 13.7 Å². The van der Waals surface area contributed by atoms with Gasteiger partial charge < -0.3 is 9.64 Å². The van der Waals surface area contributed by atoms with Crippen LogP contribution in [0.5, 0.6) is 5.75 Å². The smallest absolute Gasteiger partial charge is 0.227 e. The fraction of sp³-hybridized carbons (Fsp3) is 0.292. The van der Waals surface area contributed by atoms with Crippen LogP contribution in [-0.4, -0.2) is 34.4 Å². The van der Waals surface area contributed by atoms with Crippen molar-refractivity contribution >= 4 is 5.91 Å². The highest BCUT2D eigenvalue weighted by atomic mass is 16.5. The van der Waals surface area contributed by atoms with Gasteiger partial charge in [-0.3, -0.25) is 14.8 Å². The Morgan fingerprint density at radius 2 is 2.03 bits per heavy atom. The molecule has 0 aliphatic carbocycles. The molecule has 1 aliphatic heterocycles. The minimum atomic E-state index is 0.0387. The summed E-state index contributed by atoms with van der Waals surface area (Å²) in [5.41, 5.74) is 4.00. The number of carbonyl (C=O) groups excluding carboxylic acids is 1. The third-order valence-corrected chi connectivity index (χ3v) is 5.39. The van der Waals surface area contributed by atoms with Gasteiger partial charge in [-0.2, -0.15) is 0 Å². The molecule has 5 nitrogen and oxygen atoms in total. The van der Waals surface area contributed by atoms with E-state index in [1.165, 1.54) is 0 Å². The summed E-state index contributed by atoms with van der Waals surface area (Å²) in [7, 11) is 1.69. The van der Waals surface area contributed by atoms with Crippen molar-refractivity contribution in [2.24, 2.45) is 0 Å². The summed E-state index contributed by atoms with van der Waals surface area (Å²) >= 11 is 0. The van der Waals surface area contributed by atoms with Gasteiger partial charge in [-0.05, 0) is 42.7 Å². The lowest BCUT2D eigenvalue weighted by atomic mass is 10.1. The minimum absolute atomic E-state index is 0.0387. The van der Waals surface area contributed by atoms with Gasteiger partial charge in [-0.15, -0.1) is 0 Å². The van der Waals surface area contributed by atoms with Crippen LogP contribution >= 0.6 is 0 Å². The topological polar surface area (TPSA) is 55.3 Å². The van der Waals surface area contributed by atoms with Crippen LogP contribution in [-0.2, 0) is 17.6 Å². The largest absolute Gasteiger partial charge is 0.496 e. The van der Waals surface area contributed by atoms with E-state index in [4.69, 9.17) is 9.72 Å². The molecule has 1 saturated heterocycles. The van der Waals surface area contributed by atoms with Crippen molar-refractivity contribution in [3.63, 3.8) is 0 Å². The molecule has 3 heterocycles. The number of hydrogen-bond acceptors (Lipinski definition) is 4. The molecule has 29 heavy (non-hydrogen) atoms. The van der Waals surface area contributed by atoms with E-state index < -0.39 is 0 Å². The van der Waals surface area contributed by atoms with Crippen molar-refractivity contribution < 1.29 is 9.53 Å². The molecule has 3 aromatic rings. The van der Waals surface area contributed by atoms with Crippen LogP contribution in [0.15, 0.2) is 67.0 Å². The maximum absolute atomic E-state index is 12.9. The molecule has 1 amide bonds. The molecule has 0 N–H and O–H groups in total. The van der Waals surface area contributed by atoms with Gasteiger partial charge in [0.1, 0.15) is 5.75 Å². The van der Waals surface area contributed by atoms with Crippen molar-refractivity contribution in [1.82, 2.24) is 14.9 Å². The van der Waals surface area contributed by atoms with Gasteiger partial charge in [0.05, 0.1) is 25.3 Å². The number of ether oxygens (including phenoxy) is 1. The number of amides is 1. The van der Waals surface area contributed by atoms with Gasteiger partial charge in [-0.1, -0.05) is 30.3 Å². The monoisotopic (exact) mass is 387 g/mol. The molecule has 2 aromatic heterocycles. The van der Waals surface area contributed by atoms with Gasteiger partial charge in [-0.25, -0.2) is 0 Å². The Morgan fingerprint density at radius 1 is 1.14 bits per heavy atom. The number of rotatable bonds is 6. The second-order valence-electron chi connectivity index (χ2n) is 7.33. The average Bonchev–Trinajstić information content (AvgIpc) is 3.25. The lowest BCUT2D eigenvalue weighted by Gasteiger charge is -2.25. The molecular formula is C24H25N3O2. The average molecular weight is 387 g/mol. The van der Waals surface area contributed by atoms with Crippen LogP contribution in [0.25, 0.3) is 0 Å². The standard InChI is InChI=1S/C24H25N3O2/c1-29-23-12-3-2-8-19(23)16-20-9-4-10-21(26-20)22-11-6-14-27(22)24(28)15-18-7-5-13-25-17-18/h2-5,7-10,12-13,17,22H,6,11,14-16H2,1H3/t22-/m0/s1. The van der Waals surface area contributed by atoms with E-state index >= 15 is 0 Å². The zero-order valence-corrected chi connectivity index (χ0v) is 16.6. The van der Waals surface area contributed by atoms with E-state index in [9.17, 15) is 4.79 Å². The fourth-order valence-corrected chi connectivity index (χ4v) is 3.98. The first-order chi connectivity index (χ1) is 14.2. The van der Waals surface area contributed by atoms with Crippen molar-refractivity contribution in [1.29, 1.82) is 0 Å². The van der Waals surface area contributed by atoms with Gasteiger partial charge in [0.25, 0.3) is 0 Å². The number of aromatic nitrogens is 2. The second kappa shape index (κ2) is 8.86. The molecule has 0 radical (unpaired) electrons. The Kier molecular flexibility index (Phi) is 5.84. The number of methoxy groups -OCH3 is 1. The van der Waals surface area contributed by atoms with Crippen molar-refractivity contribution in [3.8, 4) is 5.75 Å². The quantitative estimate of drug-likeness (QED) is 0.642. The maximum Gasteiger partial charge on any atom is 0.227 e. The molecule has 1 aliphatic rings. The highest BCUT2D eigenvalue weighted by molar-refractivity contribution is 5.79. The number of likely N-dealkylation sites (tertiary alicyclic amines) is 1. The Morgan fingerprint density at radius 3 is 2.86 bits per heavy atom. The molecule has 148 valence electrons. The molecule has 0 unspecified atom stereocenters. The van der Waals surface area contributed by atoms with Gasteiger partial charge in [0, 0.05) is 36.6 Å². The fourth-order valence-electron chi connectivity index (χ4n) is 3.98. The third-order valence-electron chi connectivity index (χ3n) is 5.39. The summed E-state index contributed by atoms with van der Waals surface area (Å²) in [5.74, 6) is 1.01. The molecule has 1 aromatic carbocycles. The molecule has 0 bridgehead atoms. The lowest BCUT2D eigenvalue weighted by Crippen LogP contribution is -2.32. The van der Waals surface area contributed by atoms with Crippen molar-refractivity contribution in [3.05, 3.63) is 89.5 Å². The van der Waals surface area contributed by atoms with E-state index in [0.29, 0.717) is 12.8 Å². The Bertz CT molecular complexity index is 975. The van der Waals surface area contributed by atoms with Crippen LogP contribution in [0.2, 0.25) is 0 Å². The van der Waals surface area contributed by atoms with Crippen LogP contribution in [0.3, 0.4) is 0 Å². The Balaban J connectivity index is 1.51. The highest BCUT2D eigenvalue weighted by Gasteiger charge is 2.30. The van der Waals surface area contributed by atoms with Crippen LogP contribution in [0, 0.1) is 0 Å². The highest BCUT2D eigenvalue weighted by Crippen LogP contribution is 2.32. The molecule has 1 atom stereocenters. The molecule has 0 spiro atoms. The second-order valence-corrected chi connectivity index (χ2v) is 7.33. The summed E-state index contributed by atoms with van der Waals surface area (Å²) in [4.78, 5) is 23.9. The normalized spacial score (nSPS) is 16.0. The van der Waals surface area contributed by atoms with E-state index in [-0.39, 0.29) is 11.9 Å². The maximum atomic E-state index is 12.9. The number of hydrogen-bond donors (Lipinski definition) is 0. The first-order valence-corrected chi connectivity index (χ1v) is 10.0. The van der Waals surface area contributed by atoms with E-state index in [1.807, 2.05) is 53.4 Å². The number of pyridine rings is 2. The first kappa shape index (κ1) is 19.1. The number of benzene rings is 1. The van der Waals surface area contributed by atoms with E-state index in [0.717, 1.165) is 47.7 Å². The van der Waals surface area contributed by atoms with Gasteiger partial charge in [0.2, 0.25) is 5.91 Å². The summed E-state index contributed by atoms with van der Waals surface area (Å²) in [5, 5.41) is 0. The summed E-state index contributed by atoms with van der Waals surface area (Å²) in [6.07, 6.45) is 6.52. The Labute approximate surface area is 171 Å². The molecule has 0 saturated carbocycles. The zero-order valence-electron chi connectivity index (χ0n) is 16.6. The summed E-state index contributed by atoms with van der Waals surface area (Å²) in [6.45, 7) is 0.780. The van der Waals surface area contributed by atoms with Gasteiger partial charge >= 0.3 is 0 Å². The molecular weight excluding hydrogens is 362 g/mol. The zero-order chi connectivity index (χ0) is 20.1. The van der Waals surface area contributed by atoms with E-state index in [2.05, 4.69) is 11.1 Å². The molecule has 1 fully saturated rings. The minimum Gasteiger partial charge on any atom is -0.496 e. The molecule has 5 heteroatoms. The van der Waals surface area contributed by atoms with Gasteiger partial charge in [0.15, 0.2) is 0 Å². The van der Waals surface area contributed by atoms with Crippen molar-refractivity contribution in [2.45, 2.75) is 31.7 Å². The summed E-state index contributed by atoms with van der Waals surface area (Å²) < 4.78 is 5.47. The number of nitrogens with zero attached hydrogens (tertiary/aromatic N) is 3. The third kappa shape index (κ3) is 4.45. The number of carbonyl (C=O) groups is 1. The number of para-hydroxylation sites is 1. The predicted molar refractivity (Wildman–Crippen MR) is 112 cm³/mol. The summed E-state index contributed by atoms with van der Waals surface area (Å²) in [6, 6.07) is 18.0. The SMILES string of the molecule is COc1ccccc1Cc1cccc([C@@H]2CCCN2C(=O)Cc2cccnc2)n1. The predicted octanol–water partition coefficient (Wildman–Crippen LogP) is 3.98.